The molecule has 9 nitrogen and oxygen atoms in total. The highest BCUT2D eigenvalue weighted by Crippen LogP contribution is 2.40. The van der Waals surface area contributed by atoms with Crippen molar-refractivity contribution in [2.75, 3.05) is 18.1 Å². The highest BCUT2D eigenvalue weighted by molar-refractivity contribution is 7.93. The third-order valence-electron chi connectivity index (χ3n) is 4.56. The number of ether oxygens (including phenoxy) is 1. The molecule has 0 saturated carbocycles. The Hall–Kier alpha value is -2.59. The standard InChI is InChI=1S/C18H21ClN4O5S/c1-23-18(26)12(9-21-23)17(25)11-5-6-13(28-10-14(20)24)16(15(11)19)22-29(27)7-3-2-4-8-29/h5-6,9,21H,2-4,7-8,10H2,1H3,(H2,20,24). The van der Waals surface area contributed by atoms with Gasteiger partial charge in [-0.05, 0) is 25.0 Å². The van der Waals surface area contributed by atoms with Crippen LogP contribution in [-0.4, -0.2) is 43.8 Å². The second-order valence-corrected chi connectivity index (χ2v) is 9.66. The fraction of sp³-hybridized carbons (Fsp3) is 0.389. The first-order chi connectivity index (χ1) is 13.7. The molecule has 0 radical (unpaired) electrons. The summed E-state index contributed by atoms with van der Waals surface area (Å²) in [4.78, 5) is 36.1. The van der Waals surface area contributed by atoms with Crippen LogP contribution in [0.4, 0.5) is 5.69 Å². The molecule has 1 fully saturated rings. The lowest BCUT2D eigenvalue weighted by atomic mass is 10.1. The first-order valence-corrected chi connectivity index (χ1v) is 11.2. The van der Waals surface area contributed by atoms with Crippen LogP contribution in [-0.2, 0) is 21.6 Å². The van der Waals surface area contributed by atoms with Gasteiger partial charge in [0, 0.05) is 30.3 Å². The fourth-order valence-corrected chi connectivity index (χ4v) is 5.58. The van der Waals surface area contributed by atoms with E-state index in [0.717, 1.165) is 23.9 Å². The maximum atomic E-state index is 13.1. The van der Waals surface area contributed by atoms with Crippen LogP contribution in [0.5, 0.6) is 5.75 Å². The smallest absolute Gasteiger partial charge is 0.277 e. The SMILES string of the molecule is Cn1[nH]cc(C(=O)c2ccc(OCC(N)=O)c(N=S3(=O)CCCCC3)c2Cl)c1=O. The van der Waals surface area contributed by atoms with Gasteiger partial charge in [-0.25, -0.2) is 4.21 Å². The Morgan fingerprint density at radius 1 is 1.28 bits per heavy atom. The summed E-state index contributed by atoms with van der Waals surface area (Å²) in [6.07, 6.45) is 3.81. The van der Waals surface area contributed by atoms with Crippen LogP contribution in [0.1, 0.15) is 35.2 Å². The monoisotopic (exact) mass is 440 g/mol. The van der Waals surface area contributed by atoms with Crippen LogP contribution in [0.25, 0.3) is 0 Å². The third-order valence-corrected chi connectivity index (χ3v) is 7.31. The topological polar surface area (TPSA) is 137 Å². The normalized spacial score (nSPS) is 15.7. The van der Waals surface area contributed by atoms with E-state index >= 15 is 0 Å². The van der Waals surface area contributed by atoms with Crippen molar-refractivity contribution in [2.24, 2.45) is 17.1 Å². The Morgan fingerprint density at radius 2 is 1.97 bits per heavy atom. The molecule has 156 valence electrons. The van der Waals surface area contributed by atoms with Crippen molar-refractivity contribution in [2.45, 2.75) is 19.3 Å². The molecule has 3 rings (SSSR count). The van der Waals surface area contributed by atoms with Gasteiger partial charge in [-0.2, -0.15) is 4.36 Å². The Labute approximate surface area is 172 Å². The number of primary amides is 1. The summed E-state index contributed by atoms with van der Waals surface area (Å²) < 4.78 is 24.0. The minimum Gasteiger partial charge on any atom is -0.481 e. The van der Waals surface area contributed by atoms with Gasteiger partial charge in [0.05, 0.1) is 14.8 Å². The van der Waals surface area contributed by atoms with E-state index in [2.05, 4.69) is 9.46 Å². The summed E-state index contributed by atoms with van der Waals surface area (Å²) in [5.74, 6) is -0.386. The van der Waals surface area contributed by atoms with E-state index in [0.29, 0.717) is 11.5 Å². The molecule has 29 heavy (non-hydrogen) atoms. The number of amides is 1. The Kier molecular flexibility index (Phi) is 6.13. The second kappa shape index (κ2) is 8.42. The number of nitrogens with one attached hydrogen (secondary N) is 1. The molecule has 2 aromatic rings. The minimum atomic E-state index is -2.58. The molecule has 1 aliphatic heterocycles. The van der Waals surface area contributed by atoms with E-state index in [1.807, 2.05) is 0 Å². The molecule has 2 heterocycles. The molecule has 1 aromatic carbocycles. The number of rotatable bonds is 6. The van der Waals surface area contributed by atoms with E-state index in [1.165, 1.54) is 25.4 Å². The quantitative estimate of drug-likeness (QED) is 0.659. The molecular weight excluding hydrogens is 420 g/mol. The summed E-state index contributed by atoms with van der Waals surface area (Å²) in [7, 11) is -1.09. The van der Waals surface area contributed by atoms with Crippen LogP contribution in [0.2, 0.25) is 5.02 Å². The molecule has 0 atom stereocenters. The summed E-state index contributed by atoms with van der Waals surface area (Å²) in [5, 5.41) is 2.54. The average molecular weight is 441 g/mol. The van der Waals surface area contributed by atoms with E-state index < -0.39 is 33.6 Å². The molecule has 0 unspecified atom stereocenters. The zero-order valence-corrected chi connectivity index (χ0v) is 17.3. The van der Waals surface area contributed by atoms with Crippen molar-refractivity contribution in [3.05, 3.63) is 44.8 Å². The van der Waals surface area contributed by atoms with Gasteiger partial charge < -0.3 is 15.6 Å². The number of aromatic amines is 1. The van der Waals surface area contributed by atoms with Gasteiger partial charge in [-0.3, -0.25) is 19.1 Å². The maximum absolute atomic E-state index is 13.1. The van der Waals surface area contributed by atoms with Crippen molar-refractivity contribution in [1.29, 1.82) is 0 Å². The van der Waals surface area contributed by atoms with Crippen molar-refractivity contribution in [1.82, 2.24) is 9.78 Å². The number of nitrogens with two attached hydrogens (primary N) is 1. The molecule has 1 amide bonds. The molecule has 0 bridgehead atoms. The number of hydrogen-bond acceptors (Lipinski definition) is 6. The number of halogens is 1. The van der Waals surface area contributed by atoms with Crippen LogP contribution in [0.3, 0.4) is 0 Å². The Bertz CT molecular complexity index is 1130. The summed E-state index contributed by atoms with van der Waals surface area (Å²) in [5.41, 5.74) is 4.59. The summed E-state index contributed by atoms with van der Waals surface area (Å²) >= 11 is 6.46. The van der Waals surface area contributed by atoms with E-state index in [4.69, 9.17) is 22.1 Å². The highest BCUT2D eigenvalue weighted by Gasteiger charge is 2.24. The predicted octanol–water partition coefficient (Wildman–Crippen LogP) is 1.75. The number of carbonyl (C=O) groups is 2. The number of benzene rings is 1. The summed E-state index contributed by atoms with van der Waals surface area (Å²) in [6, 6.07) is 2.78. The molecule has 11 heteroatoms. The number of ketones is 1. The van der Waals surface area contributed by atoms with Crippen molar-refractivity contribution in [3.8, 4) is 5.75 Å². The predicted molar refractivity (Wildman–Crippen MR) is 109 cm³/mol. The Morgan fingerprint density at radius 3 is 2.55 bits per heavy atom. The van der Waals surface area contributed by atoms with Gasteiger partial charge in [0.2, 0.25) is 5.78 Å². The lowest BCUT2D eigenvalue weighted by Gasteiger charge is -2.17. The molecule has 3 N–H and O–H groups in total. The molecule has 0 aliphatic carbocycles. The summed E-state index contributed by atoms with van der Waals surface area (Å²) in [6.45, 7) is -0.425. The molecule has 1 aromatic heterocycles. The second-order valence-electron chi connectivity index (χ2n) is 6.74. The van der Waals surface area contributed by atoms with Crippen LogP contribution < -0.4 is 16.0 Å². The zero-order valence-electron chi connectivity index (χ0n) is 15.8. The van der Waals surface area contributed by atoms with Crippen LogP contribution in [0.15, 0.2) is 27.5 Å². The molecular formula is C18H21ClN4O5S. The zero-order chi connectivity index (χ0) is 21.2. The minimum absolute atomic E-state index is 0.0207. The van der Waals surface area contributed by atoms with Crippen molar-refractivity contribution >= 4 is 38.7 Å². The lowest BCUT2D eigenvalue weighted by molar-refractivity contribution is -0.119. The van der Waals surface area contributed by atoms with E-state index in [1.54, 1.807) is 0 Å². The number of nitrogens with zero attached hydrogens (tertiary/aromatic N) is 2. The number of aromatic nitrogens is 2. The first-order valence-electron chi connectivity index (χ1n) is 8.97. The highest BCUT2D eigenvalue weighted by atomic mass is 35.5. The first kappa shape index (κ1) is 21.1. The third kappa shape index (κ3) is 4.54. The van der Waals surface area contributed by atoms with E-state index in [-0.39, 0.29) is 27.6 Å². The molecule has 1 aliphatic rings. The van der Waals surface area contributed by atoms with Crippen LogP contribution in [0, 0.1) is 0 Å². The number of H-pyrrole nitrogens is 1. The van der Waals surface area contributed by atoms with Crippen LogP contribution >= 0.6 is 11.6 Å². The molecule has 0 spiro atoms. The van der Waals surface area contributed by atoms with Gasteiger partial charge in [0.1, 0.15) is 17.0 Å². The van der Waals surface area contributed by atoms with Crippen molar-refractivity contribution < 1.29 is 18.5 Å². The number of aryl methyl sites for hydroxylation is 1. The Balaban J connectivity index is 2.13. The lowest BCUT2D eigenvalue weighted by Crippen LogP contribution is -2.21. The van der Waals surface area contributed by atoms with Gasteiger partial charge >= 0.3 is 0 Å². The van der Waals surface area contributed by atoms with Gasteiger partial charge in [-0.1, -0.05) is 18.0 Å². The average Bonchev–Trinajstić information content (AvgIpc) is 3.01. The maximum Gasteiger partial charge on any atom is 0.277 e. The van der Waals surface area contributed by atoms with Gasteiger partial charge in [0.15, 0.2) is 6.61 Å². The van der Waals surface area contributed by atoms with Gasteiger partial charge in [-0.15, -0.1) is 0 Å². The fourth-order valence-electron chi connectivity index (χ4n) is 3.03. The number of hydrogen-bond donors (Lipinski definition) is 2. The van der Waals surface area contributed by atoms with Gasteiger partial charge in [0.25, 0.3) is 11.5 Å². The largest absolute Gasteiger partial charge is 0.481 e. The van der Waals surface area contributed by atoms with E-state index in [9.17, 15) is 18.6 Å². The number of carbonyl (C=O) groups excluding carboxylic acids is 2. The molecule has 1 saturated heterocycles. The van der Waals surface area contributed by atoms with Crippen molar-refractivity contribution in [3.63, 3.8) is 0 Å².